The van der Waals surface area contributed by atoms with Crippen LogP contribution < -0.4 is 10.6 Å². The molecule has 0 fully saturated rings. The van der Waals surface area contributed by atoms with E-state index in [-0.39, 0.29) is 17.9 Å². The Morgan fingerprint density at radius 1 is 1.28 bits per heavy atom. The maximum Gasteiger partial charge on any atom is 0.261 e. The lowest BCUT2D eigenvalue weighted by Gasteiger charge is -2.19. The smallest absolute Gasteiger partial charge is 0.261 e. The normalized spacial score (nSPS) is 12.2. The van der Waals surface area contributed by atoms with E-state index in [0.717, 1.165) is 12.8 Å². The minimum Gasteiger partial charge on any atom is -0.352 e. The summed E-state index contributed by atoms with van der Waals surface area (Å²) < 4.78 is 0. The van der Waals surface area contributed by atoms with Crippen molar-refractivity contribution in [2.75, 3.05) is 0 Å². The second kappa shape index (κ2) is 7.16. The molecule has 1 rings (SSSR count). The first-order chi connectivity index (χ1) is 8.58. The van der Waals surface area contributed by atoms with Crippen LogP contribution in [0.25, 0.3) is 0 Å². The van der Waals surface area contributed by atoms with Crippen LogP contribution in [0, 0.1) is 0 Å². The molecule has 1 aromatic rings. The molecule has 0 aliphatic carbocycles. The number of nitrogens with one attached hydrogen (secondary N) is 2. The Labute approximate surface area is 112 Å². The molecule has 5 heteroatoms. The summed E-state index contributed by atoms with van der Waals surface area (Å²) in [5.74, 6) is -0.328. The summed E-state index contributed by atoms with van der Waals surface area (Å²) in [6, 6.07) is 3.22. The van der Waals surface area contributed by atoms with Gasteiger partial charge in [0.15, 0.2) is 0 Å². The molecule has 4 nitrogen and oxygen atoms in total. The molecule has 1 aromatic heterocycles. The number of amides is 2. The molecule has 0 aromatic carbocycles. The van der Waals surface area contributed by atoms with Crippen molar-refractivity contribution in [2.45, 2.75) is 45.7 Å². The van der Waals surface area contributed by atoms with Crippen molar-refractivity contribution in [3.05, 3.63) is 22.4 Å². The molecule has 0 saturated carbocycles. The van der Waals surface area contributed by atoms with Crippen LogP contribution in [0.3, 0.4) is 0 Å². The number of thiophene rings is 1. The zero-order chi connectivity index (χ0) is 13.5. The highest BCUT2D eigenvalue weighted by atomic mass is 32.1. The van der Waals surface area contributed by atoms with Crippen molar-refractivity contribution in [3.8, 4) is 0 Å². The highest BCUT2D eigenvalue weighted by molar-refractivity contribution is 7.12. The number of rotatable bonds is 6. The van der Waals surface area contributed by atoms with Crippen LogP contribution in [0.1, 0.15) is 43.3 Å². The molecule has 1 unspecified atom stereocenters. The fourth-order valence-electron chi connectivity index (χ4n) is 1.56. The Balaban J connectivity index is 2.47. The van der Waals surface area contributed by atoms with Crippen molar-refractivity contribution < 1.29 is 9.59 Å². The van der Waals surface area contributed by atoms with Gasteiger partial charge >= 0.3 is 0 Å². The van der Waals surface area contributed by atoms with Crippen molar-refractivity contribution in [2.24, 2.45) is 0 Å². The summed E-state index contributed by atoms with van der Waals surface area (Å²) in [5.41, 5.74) is 0. The lowest BCUT2D eigenvalue weighted by molar-refractivity contribution is -0.123. The Morgan fingerprint density at radius 3 is 2.44 bits per heavy atom. The molecule has 2 amide bonds. The summed E-state index contributed by atoms with van der Waals surface area (Å²) in [6.07, 6.45) is 1.79. The Bertz CT molecular complexity index is 386. The lowest BCUT2D eigenvalue weighted by atomic mass is 10.1. The van der Waals surface area contributed by atoms with Crippen LogP contribution in [0.4, 0.5) is 0 Å². The van der Waals surface area contributed by atoms with Gasteiger partial charge in [0, 0.05) is 6.04 Å². The molecule has 0 aliphatic heterocycles. The highest BCUT2D eigenvalue weighted by Crippen LogP contribution is 2.08. The van der Waals surface area contributed by atoms with Gasteiger partial charge < -0.3 is 10.6 Å². The van der Waals surface area contributed by atoms with E-state index in [4.69, 9.17) is 0 Å². The maximum atomic E-state index is 11.9. The van der Waals surface area contributed by atoms with Crippen molar-refractivity contribution in [3.63, 3.8) is 0 Å². The van der Waals surface area contributed by atoms with Gasteiger partial charge in [0.1, 0.15) is 6.04 Å². The minimum absolute atomic E-state index is 0.131. The fraction of sp³-hybridized carbons (Fsp3) is 0.538. The van der Waals surface area contributed by atoms with E-state index in [1.807, 2.05) is 25.3 Å². The summed E-state index contributed by atoms with van der Waals surface area (Å²) >= 11 is 1.36. The van der Waals surface area contributed by atoms with E-state index in [1.54, 1.807) is 13.0 Å². The number of hydrogen-bond acceptors (Lipinski definition) is 3. The predicted octanol–water partition coefficient (Wildman–Crippen LogP) is 2.17. The van der Waals surface area contributed by atoms with Crippen molar-refractivity contribution in [1.82, 2.24) is 10.6 Å². The van der Waals surface area contributed by atoms with Crippen LogP contribution >= 0.6 is 11.3 Å². The van der Waals surface area contributed by atoms with Gasteiger partial charge in [-0.1, -0.05) is 19.9 Å². The van der Waals surface area contributed by atoms with Gasteiger partial charge in [-0.15, -0.1) is 11.3 Å². The molecule has 1 heterocycles. The van der Waals surface area contributed by atoms with Gasteiger partial charge in [0.05, 0.1) is 4.88 Å². The minimum atomic E-state index is -0.514. The van der Waals surface area contributed by atoms with E-state index in [0.29, 0.717) is 4.88 Å². The molecule has 1 atom stereocenters. The molecule has 0 radical (unpaired) electrons. The van der Waals surface area contributed by atoms with Crippen LogP contribution in [-0.4, -0.2) is 23.9 Å². The molecular weight excluding hydrogens is 248 g/mol. The standard InChI is InChI=1S/C13H20N2O2S/c1-4-10(5-2)15-12(16)9(3)14-13(17)11-7-6-8-18-11/h6-10H,4-5H2,1-3H3,(H,14,17)(H,15,16). The zero-order valence-electron chi connectivity index (χ0n) is 11.0. The third-order valence-corrected chi connectivity index (χ3v) is 3.69. The van der Waals surface area contributed by atoms with E-state index < -0.39 is 6.04 Å². The molecular formula is C13H20N2O2S. The monoisotopic (exact) mass is 268 g/mol. The number of carbonyl (C=O) groups excluding carboxylic acids is 2. The van der Waals surface area contributed by atoms with Crippen LogP contribution in [-0.2, 0) is 4.79 Å². The summed E-state index contributed by atoms with van der Waals surface area (Å²) in [5, 5.41) is 7.45. The average Bonchev–Trinajstić information content (AvgIpc) is 2.89. The number of hydrogen-bond donors (Lipinski definition) is 2. The van der Waals surface area contributed by atoms with Gasteiger partial charge in [0.2, 0.25) is 5.91 Å². The Hall–Kier alpha value is -1.36. The van der Waals surface area contributed by atoms with Gasteiger partial charge in [-0.3, -0.25) is 9.59 Å². The molecule has 100 valence electrons. The van der Waals surface area contributed by atoms with Crippen molar-refractivity contribution >= 4 is 23.2 Å². The molecule has 2 N–H and O–H groups in total. The van der Waals surface area contributed by atoms with Gasteiger partial charge in [-0.05, 0) is 31.2 Å². The average molecular weight is 268 g/mol. The van der Waals surface area contributed by atoms with E-state index in [2.05, 4.69) is 10.6 Å². The van der Waals surface area contributed by atoms with Crippen molar-refractivity contribution in [1.29, 1.82) is 0 Å². The Kier molecular flexibility index (Phi) is 5.85. The predicted molar refractivity (Wildman–Crippen MR) is 73.8 cm³/mol. The maximum absolute atomic E-state index is 11.9. The van der Waals surface area contributed by atoms with Crippen LogP contribution in [0.2, 0.25) is 0 Å². The van der Waals surface area contributed by atoms with E-state index in [1.165, 1.54) is 11.3 Å². The molecule has 0 saturated heterocycles. The second-order valence-electron chi connectivity index (χ2n) is 4.19. The summed E-state index contributed by atoms with van der Waals surface area (Å²) in [6.45, 7) is 5.76. The first kappa shape index (κ1) is 14.7. The Morgan fingerprint density at radius 2 is 1.94 bits per heavy atom. The van der Waals surface area contributed by atoms with Crippen LogP contribution in [0.15, 0.2) is 17.5 Å². The van der Waals surface area contributed by atoms with Gasteiger partial charge in [0.25, 0.3) is 5.91 Å². The van der Waals surface area contributed by atoms with E-state index >= 15 is 0 Å². The SMILES string of the molecule is CCC(CC)NC(=O)C(C)NC(=O)c1cccs1. The summed E-state index contributed by atoms with van der Waals surface area (Å²) in [7, 11) is 0. The topological polar surface area (TPSA) is 58.2 Å². The fourth-order valence-corrected chi connectivity index (χ4v) is 2.19. The largest absolute Gasteiger partial charge is 0.352 e. The quantitative estimate of drug-likeness (QED) is 0.830. The molecule has 0 aliphatic rings. The third kappa shape index (κ3) is 4.14. The van der Waals surface area contributed by atoms with Gasteiger partial charge in [-0.2, -0.15) is 0 Å². The first-order valence-corrected chi connectivity index (χ1v) is 7.11. The molecule has 0 bridgehead atoms. The second-order valence-corrected chi connectivity index (χ2v) is 5.14. The lowest BCUT2D eigenvalue weighted by Crippen LogP contribution is -2.47. The molecule has 18 heavy (non-hydrogen) atoms. The number of carbonyl (C=O) groups is 2. The zero-order valence-corrected chi connectivity index (χ0v) is 11.8. The van der Waals surface area contributed by atoms with Crippen LogP contribution in [0.5, 0.6) is 0 Å². The van der Waals surface area contributed by atoms with Gasteiger partial charge in [-0.25, -0.2) is 0 Å². The summed E-state index contributed by atoms with van der Waals surface area (Å²) in [4.78, 5) is 24.2. The molecule has 0 spiro atoms. The van der Waals surface area contributed by atoms with E-state index in [9.17, 15) is 9.59 Å². The first-order valence-electron chi connectivity index (χ1n) is 6.23. The third-order valence-electron chi connectivity index (χ3n) is 2.82. The highest BCUT2D eigenvalue weighted by Gasteiger charge is 2.18.